The van der Waals surface area contributed by atoms with E-state index in [-0.39, 0.29) is 0 Å². The number of benzene rings is 1. The van der Waals surface area contributed by atoms with Crippen LogP contribution in [0.15, 0.2) is 18.2 Å². The van der Waals surface area contributed by atoms with E-state index in [1.807, 2.05) is 12.1 Å². The van der Waals surface area contributed by atoms with Crippen molar-refractivity contribution in [2.45, 2.75) is 20.3 Å². The molecular formula is C14H17NO4. The highest BCUT2D eigenvalue weighted by molar-refractivity contribution is 6.08. The van der Waals surface area contributed by atoms with Gasteiger partial charge in [0, 0.05) is 12.1 Å². The van der Waals surface area contributed by atoms with Crippen molar-refractivity contribution >= 4 is 17.6 Å². The van der Waals surface area contributed by atoms with E-state index in [4.69, 9.17) is 4.74 Å². The second kappa shape index (κ2) is 4.91. The van der Waals surface area contributed by atoms with Crippen LogP contribution in [0.5, 0.6) is 5.75 Å². The Morgan fingerprint density at radius 1 is 1.37 bits per heavy atom. The van der Waals surface area contributed by atoms with Crippen LogP contribution in [-0.2, 0) is 20.7 Å². The summed E-state index contributed by atoms with van der Waals surface area (Å²) in [6.07, 6.45) is 0.833. The van der Waals surface area contributed by atoms with Crippen molar-refractivity contribution in [3.63, 3.8) is 0 Å². The molecule has 1 N–H and O–H groups in total. The van der Waals surface area contributed by atoms with Crippen LogP contribution in [0.2, 0.25) is 0 Å². The number of fused-ring (bicyclic) bond motifs is 1. The Balaban J connectivity index is 2.13. The summed E-state index contributed by atoms with van der Waals surface area (Å²) in [5.74, 6) is -0.0991. The molecule has 1 aliphatic heterocycles. The molecule has 1 aromatic carbocycles. The zero-order valence-electron chi connectivity index (χ0n) is 11.3. The highest BCUT2D eigenvalue weighted by Gasteiger charge is 2.37. The van der Waals surface area contributed by atoms with E-state index in [2.05, 4.69) is 10.1 Å². The van der Waals surface area contributed by atoms with Crippen molar-refractivity contribution in [2.75, 3.05) is 19.0 Å². The predicted octanol–water partition coefficient (Wildman–Crippen LogP) is 1.76. The van der Waals surface area contributed by atoms with E-state index in [0.29, 0.717) is 12.3 Å². The number of carbonyl (C=O) groups excluding carboxylic acids is 2. The Bertz CT molecular complexity index is 522. The van der Waals surface area contributed by atoms with Crippen molar-refractivity contribution in [2.24, 2.45) is 5.41 Å². The molecule has 1 amide bonds. The van der Waals surface area contributed by atoms with Gasteiger partial charge in [0.15, 0.2) is 0 Å². The number of hydrogen-bond acceptors (Lipinski definition) is 4. The van der Waals surface area contributed by atoms with Crippen molar-refractivity contribution in [3.8, 4) is 5.75 Å². The second-order valence-corrected chi connectivity index (χ2v) is 4.99. The predicted molar refractivity (Wildman–Crippen MR) is 70.1 cm³/mol. The first-order valence-corrected chi connectivity index (χ1v) is 6.11. The van der Waals surface area contributed by atoms with E-state index in [9.17, 15) is 9.59 Å². The van der Waals surface area contributed by atoms with Crippen molar-refractivity contribution in [1.82, 2.24) is 0 Å². The minimum absolute atomic E-state index is 0.391. The van der Waals surface area contributed by atoms with Crippen LogP contribution in [-0.4, -0.2) is 25.6 Å². The van der Waals surface area contributed by atoms with Gasteiger partial charge in [-0.25, -0.2) is 0 Å². The van der Waals surface area contributed by atoms with Gasteiger partial charge in [-0.1, -0.05) is 0 Å². The van der Waals surface area contributed by atoms with Crippen LogP contribution < -0.4 is 10.1 Å². The molecular weight excluding hydrogens is 246 g/mol. The van der Waals surface area contributed by atoms with Crippen LogP contribution in [0, 0.1) is 5.41 Å². The number of nitrogens with one attached hydrogen (secondary N) is 1. The number of rotatable bonds is 3. The summed E-state index contributed by atoms with van der Waals surface area (Å²) in [5, 5.41) is 2.73. The van der Waals surface area contributed by atoms with Gasteiger partial charge in [0.2, 0.25) is 5.91 Å². The molecule has 0 saturated carbocycles. The molecule has 0 fully saturated rings. The lowest BCUT2D eigenvalue weighted by Crippen LogP contribution is -2.38. The molecule has 0 bridgehead atoms. The second-order valence-electron chi connectivity index (χ2n) is 4.99. The summed E-state index contributed by atoms with van der Waals surface area (Å²) in [5.41, 5.74) is 0.504. The summed E-state index contributed by atoms with van der Waals surface area (Å²) in [6, 6.07) is 5.45. The zero-order chi connectivity index (χ0) is 14.0. The maximum Gasteiger partial charge on any atom is 0.320 e. The molecule has 19 heavy (non-hydrogen) atoms. The Morgan fingerprint density at radius 3 is 2.79 bits per heavy atom. The number of amides is 1. The van der Waals surface area contributed by atoms with Gasteiger partial charge in [-0.3, -0.25) is 9.59 Å². The van der Waals surface area contributed by atoms with E-state index in [1.165, 1.54) is 21.0 Å². The average molecular weight is 263 g/mol. The van der Waals surface area contributed by atoms with Crippen molar-refractivity contribution < 1.29 is 19.1 Å². The molecule has 0 saturated heterocycles. The lowest BCUT2D eigenvalue weighted by molar-refractivity contribution is -0.154. The molecule has 102 valence electrons. The molecule has 0 radical (unpaired) electrons. The van der Waals surface area contributed by atoms with Crippen LogP contribution in [0.4, 0.5) is 5.69 Å². The number of anilines is 1. The fourth-order valence-electron chi connectivity index (χ4n) is 1.90. The highest BCUT2D eigenvalue weighted by atomic mass is 16.5. The maximum absolute atomic E-state index is 12.1. The fourth-order valence-corrected chi connectivity index (χ4v) is 1.90. The van der Waals surface area contributed by atoms with Gasteiger partial charge >= 0.3 is 5.97 Å². The summed E-state index contributed by atoms with van der Waals surface area (Å²) in [4.78, 5) is 23.6. The molecule has 0 unspecified atom stereocenters. The largest absolute Gasteiger partial charge is 0.493 e. The monoisotopic (exact) mass is 263 g/mol. The number of esters is 1. The Kier molecular flexibility index (Phi) is 3.46. The van der Waals surface area contributed by atoms with Gasteiger partial charge in [0.05, 0.1) is 13.7 Å². The minimum Gasteiger partial charge on any atom is -0.493 e. The number of ether oxygens (including phenoxy) is 2. The third-order valence-electron chi connectivity index (χ3n) is 3.21. The van der Waals surface area contributed by atoms with Crippen molar-refractivity contribution in [1.29, 1.82) is 0 Å². The molecule has 0 spiro atoms. The molecule has 0 aromatic heterocycles. The third-order valence-corrected chi connectivity index (χ3v) is 3.21. The summed E-state index contributed by atoms with van der Waals surface area (Å²) < 4.78 is 10.0. The van der Waals surface area contributed by atoms with E-state index in [1.54, 1.807) is 6.07 Å². The quantitative estimate of drug-likeness (QED) is 0.666. The van der Waals surface area contributed by atoms with Crippen LogP contribution in [0.25, 0.3) is 0 Å². The summed E-state index contributed by atoms with van der Waals surface area (Å²) in [6.45, 7) is 3.73. The molecule has 5 nitrogen and oxygen atoms in total. The van der Waals surface area contributed by atoms with Crippen LogP contribution in [0.1, 0.15) is 19.4 Å². The maximum atomic E-state index is 12.1. The average Bonchev–Trinajstić information content (AvgIpc) is 2.84. The molecule has 1 heterocycles. The molecule has 1 aromatic rings. The molecule has 5 heteroatoms. The number of methoxy groups -OCH3 is 1. The van der Waals surface area contributed by atoms with E-state index >= 15 is 0 Å². The van der Waals surface area contributed by atoms with Gasteiger partial charge in [0.1, 0.15) is 11.2 Å². The summed E-state index contributed by atoms with van der Waals surface area (Å²) in [7, 11) is 1.27. The van der Waals surface area contributed by atoms with Crippen molar-refractivity contribution in [3.05, 3.63) is 23.8 Å². The lowest BCUT2D eigenvalue weighted by atomic mass is 9.92. The van der Waals surface area contributed by atoms with Gasteiger partial charge < -0.3 is 14.8 Å². The Hall–Kier alpha value is -2.04. The zero-order valence-corrected chi connectivity index (χ0v) is 11.3. The smallest absolute Gasteiger partial charge is 0.320 e. The normalized spacial score (nSPS) is 13.4. The number of carbonyl (C=O) groups is 2. The number of hydrogen-bond donors (Lipinski definition) is 1. The fraction of sp³-hybridized carbons (Fsp3) is 0.429. The first-order chi connectivity index (χ1) is 8.95. The van der Waals surface area contributed by atoms with E-state index < -0.39 is 17.3 Å². The Labute approximate surface area is 111 Å². The molecule has 0 atom stereocenters. The highest BCUT2D eigenvalue weighted by Crippen LogP contribution is 2.29. The van der Waals surface area contributed by atoms with Gasteiger partial charge in [-0.15, -0.1) is 0 Å². The van der Waals surface area contributed by atoms with Gasteiger partial charge in [-0.2, -0.15) is 0 Å². The first-order valence-electron chi connectivity index (χ1n) is 6.11. The minimum atomic E-state index is -1.22. The van der Waals surface area contributed by atoms with Gasteiger partial charge in [-0.05, 0) is 37.6 Å². The van der Waals surface area contributed by atoms with Crippen LogP contribution >= 0.6 is 0 Å². The SMILES string of the molecule is COC(=O)C(C)(C)C(=O)Nc1ccc2c(c1)CCO2. The summed E-state index contributed by atoms with van der Waals surface area (Å²) >= 11 is 0. The molecule has 0 aliphatic carbocycles. The van der Waals surface area contributed by atoms with Crippen LogP contribution in [0.3, 0.4) is 0 Å². The molecule has 2 rings (SSSR count). The third kappa shape index (κ3) is 2.54. The lowest BCUT2D eigenvalue weighted by Gasteiger charge is -2.20. The van der Waals surface area contributed by atoms with Gasteiger partial charge in [0.25, 0.3) is 0 Å². The van der Waals surface area contributed by atoms with E-state index in [0.717, 1.165) is 17.7 Å². The Morgan fingerprint density at radius 2 is 2.11 bits per heavy atom. The topological polar surface area (TPSA) is 64.6 Å². The standard InChI is InChI=1S/C14H17NO4/c1-14(2,13(17)18-3)12(16)15-10-4-5-11-9(8-10)6-7-19-11/h4-5,8H,6-7H2,1-3H3,(H,15,16). The first kappa shape index (κ1) is 13.4. The molecule has 1 aliphatic rings.